The molecule has 0 aliphatic heterocycles. The van der Waals surface area contributed by atoms with Crippen LogP contribution in [0.3, 0.4) is 0 Å². The quantitative estimate of drug-likeness (QED) is 0.382. The maximum absolute atomic E-state index is 8.67. The summed E-state index contributed by atoms with van der Waals surface area (Å²) in [6, 6.07) is 0. The van der Waals surface area contributed by atoms with Gasteiger partial charge < -0.3 is 21.9 Å². The molecular weight excluding hydrogens is 186 g/mol. The van der Waals surface area contributed by atoms with Crippen LogP contribution >= 0.6 is 0 Å². The molecule has 0 amide bonds. The molecule has 0 aliphatic rings. The maximum atomic E-state index is 8.67. The van der Waals surface area contributed by atoms with Gasteiger partial charge in [-0.05, 0) is 0 Å². The van der Waals surface area contributed by atoms with E-state index in [1.807, 2.05) is 0 Å². The molecule has 9 heavy (non-hydrogen) atoms. The van der Waals surface area contributed by atoms with Crippen molar-refractivity contribution in [2.24, 2.45) is 0 Å². The van der Waals surface area contributed by atoms with Crippen molar-refractivity contribution in [2.45, 2.75) is 0 Å². The Morgan fingerprint density at radius 2 is 0.889 bits per heavy atom. The molecule has 9 heteroatoms. The molecule has 7 nitrogen and oxygen atoms in total. The van der Waals surface area contributed by atoms with Crippen molar-refractivity contribution in [3.05, 3.63) is 0 Å². The normalized spacial score (nSPS) is 2.78. The van der Waals surface area contributed by atoms with Crippen LogP contribution in [-0.2, 0) is 22.7 Å². The Labute approximate surface area is 78.0 Å². The summed E-state index contributed by atoms with van der Waals surface area (Å²) in [7, 11) is 0. The zero-order chi connectivity index (χ0) is 3.58. The van der Waals surface area contributed by atoms with E-state index in [2.05, 4.69) is 0 Å². The molecule has 0 saturated heterocycles. The number of hydrogen-bond donors (Lipinski definition) is 1. The van der Waals surface area contributed by atoms with E-state index >= 15 is 0 Å². The fourth-order valence-corrected chi connectivity index (χ4v) is 0. The first-order valence-electron chi connectivity index (χ1n) is 0.565. The Kier molecular flexibility index (Phi) is 204. The average Bonchev–Trinajstić information content (AvgIpc) is 0.811. The van der Waals surface area contributed by atoms with E-state index in [-0.39, 0.29) is 51.5 Å². The van der Waals surface area contributed by atoms with E-state index in [1.54, 1.807) is 0 Å². The predicted octanol–water partition coefficient (Wildman–Crippen LogP) is -4.74. The Bertz CT molecular complexity index is 57.3. The fourth-order valence-electron chi connectivity index (χ4n) is 0. The van der Waals surface area contributed by atoms with Crippen LogP contribution < -0.4 is 0 Å². The molecule has 0 aromatic rings. The van der Waals surface area contributed by atoms with Crippen molar-refractivity contribution in [3.63, 3.8) is 0 Å². The van der Waals surface area contributed by atoms with Crippen LogP contribution in [0.2, 0.25) is 0 Å². The van der Waals surface area contributed by atoms with Crippen LogP contribution in [-0.4, -0.2) is 55.5 Å². The van der Waals surface area contributed by atoms with E-state index < -0.39 is 15.4 Å². The summed E-state index contributed by atoms with van der Waals surface area (Å²) in [5.41, 5.74) is 0. The van der Waals surface area contributed by atoms with Crippen LogP contribution in [0.1, 0.15) is 0 Å². The molecule has 58 valence electrons. The first-order valence-corrected chi connectivity index (χ1v) is 2.33. The summed E-state index contributed by atoms with van der Waals surface area (Å²) in [4.78, 5) is 0. The third-order valence-corrected chi connectivity index (χ3v) is 0. The zero-order valence-corrected chi connectivity index (χ0v) is 5.11. The molecule has 0 aromatic heterocycles. The SMILES string of the molecule is O.O.O.O.[NaH].[O]=[V](=[O])[OH]. The van der Waals surface area contributed by atoms with E-state index in [1.165, 1.54) is 0 Å². The summed E-state index contributed by atoms with van der Waals surface area (Å²) >= 11 is -3.69. The van der Waals surface area contributed by atoms with E-state index in [0.29, 0.717) is 0 Å². The molecule has 0 saturated carbocycles. The van der Waals surface area contributed by atoms with Gasteiger partial charge in [-0.15, -0.1) is 0 Å². The fraction of sp³-hybridized carbons (Fsp3) is 0. The van der Waals surface area contributed by atoms with Crippen molar-refractivity contribution in [1.29, 1.82) is 0 Å². The van der Waals surface area contributed by atoms with Crippen LogP contribution in [0.4, 0.5) is 0 Å². The van der Waals surface area contributed by atoms with E-state index in [4.69, 9.17) is 11.4 Å². The molecule has 0 heterocycles. The molecule has 0 aliphatic carbocycles. The van der Waals surface area contributed by atoms with Crippen molar-refractivity contribution in [1.82, 2.24) is 0 Å². The van der Waals surface area contributed by atoms with Crippen molar-refractivity contribution in [2.75, 3.05) is 0 Å². The second-order valence-corrected chi connectivity index (χ2v) is 0.981. The summed E-state index contributed by atoms with van der Waals surface area (Å²) in [5, 5.41) is 0. The first-order chi connectivity index (χ1) is 1.73. The molecular formula is H10NaO7V. The summed E-state index contributed by atoms with van der Waals surface area (Å²) < 4.78 is 24.4. The monoisotopic (exact) mass is 196 g/mol. The van der Waals surface area contributed by atoms with Crippen LogP contribution in [0.25, 0.3) is 0 Å². The number of hydrogen-bond acceptors (Lipinski definition) is 2. The van der Waals surface area contributed by atoms with Gasteiger partial charge in [0, 0.05) is 0 Å². The van der Waals surface area contributed by atoms with Gasteiger partial charge in [-0.25, -0.2) is 0 Å². The van der Waals surface area contributed by atoms with Gasteiger partial charge in [0.25, 0.3) is 0 Å². The van der Waals surface area contributed by atoms with Crippen molar-refractivity contribution in [3.8, 4) is 0 Å². The van der Waals surface area contributed by atoms with Crippen molar-refractivity contribution < 1.29 is 48.7 Å². The average molecular weight is 196 g/mol. The van der Waals surface area contributed by atoms with Gasteiger partial charge in [0.2, 0.25) is 0 Å². The predicted molar refractivity (Wildman–Crippen MR) is 25.2 cm³/mol. The van der Waals surface area contributed by atoms with Crippen LogP contribution in [0, 0.1) is 0 Å². The molecule has 0 fully saturated rings. The summed E-state index contributed by atoms with van der Waals surface area (Å²) in [6.45, 7) is 0. The molecule has 0 aromatic carbocycles. The van der Waals surface area contributed by atoms with Crippen molar-refractivity contribution >= 4 is 29.6 Å². The topological polar surface area (TPSA) is 180 Å². The Balaban J connectivity index is -0.00000000450. The summed E-state index contributed by atoms with van der Waals surface area (Å²) in [5.74, 6) is 0. The van der Waals surface area contributed by atoms with Gasteiger partial charge in [-0.2, -0.15) is 0 Å². The van der Waals surface area contributed by atoms with Gasteiger partial charge >= 0.3 is 56.3 Å². The first kappa shape index (κ1) is 50.8. The third kappa shape index (κ3) is 452. The van der Waals surface area contributed by atoms with Gasteiger partial charge in [0.05, 0.1) is 0 Å². The Morgan fingerprint density at radius 3 is 0.889 bits per heavy atom. The molecule has 0 rings (SSSR count). The second-order valence-electron chi connectivity index (χ2n) is 0.238. The minimum absolute atomic E-state index is 0. The van der Waals surface area contributed by atoms with Gasteiger partial charge in [-0.1, -0.05) is 0 Å². The number of rotatable bonds is 0. The van der Waals surface area contributed by atoms with Gasteiger partial charge in [0.1, 0.15) is 0 Å². The molecule has 0 bridgehead atoms. The zero-order valence-electron chi connectivity index (χ0n) is 3.71. The van der Waals surface area contributed by atoms with Gasteiger partial charge in [-0.3, -0.25) is 0 Å². The molecule has 9 N–H and O–H groups in total. The van der Waals surface area contributed by atoms with E-state index in [0.717, 1.165) is 0 Å². The molecule has 0 radical (unpaired) electrons. The Morgan fingerprint density at radius 1 is 0.889 bits per heavy atom. The summed E-state index contributed by atoms with van der Waals surface area (Å²) in [6.07, 6.45) is 0. The third-order valence-electron chi connectivity index (χ3n) is 0. The second kappa shape index (κ2) is 36.1. The molecule has 0 spiro atoms. The Hall–Kier alpha value is 0.984. The molecule has 0 unspecified atom stereocenters. The standard InChI is InChI=1S/Na.5H2O.2O.V.H/h;5*1H2;;;;/q;;;;;;;;+1;/p-1. The van der Waals surface area contributed by atoms with E-state index in [9.17, 15) is 0 Å². The van der Waals surface area contributed by atoms with Gasteiger partial charge in [0.15, 0.2) is 0 Å². The minimum atomic E-state index is -3.69. The van der Waals surface area contributed by atoms with Crippen LogP contribution in [0.15, 0.2) is 0 Å². The molecule has 0 atom stereocenters. The van der Waals surface area contributed by atoms with Crippen LogP contribution in [0.5, 0.6) is 0 Å².